The molecule has 0 heterocycles. The van der Waals surface area contributed by atoms with Crippen LogP contribution in [0.2, 0.25) is 0 Å². The molecule has 0 spiro atoms. The molecule has 0 aromatic heterocycles. The first-order chi connectivity index (χ1) is 10.0. The van der Waals surface area contributed by atoms with Gasteiger partial charge in [0, 0.05) is 25.5 Å². The van der Waals surface area contributed by atoms with Crippen molar-refractivity contribution < 1.29 is 9.13 Å². The predicted molar refractivity (Wildman–Crippen MR) is 87.7 cm³/mol. The molecule has 0 N–H and O–H groups in total. The van der Waals surface area contributed by atoms with Gasteiger partial charge in [0.25, 0.3) is 0 Å². The monoisotopic (exact) mass is 288 g/mol. The Morgan fingerprint density at radius 3 is 2.48 bits per heavy atom. The molecule has 0 bridgehead atoms. The summed E-state index contributed by atoms with van der Waals surface area (Å²) in [4.78, 5) is 8.39. The van der Waals surface area contributed by atoms with E-state index in [1.807, 2.05) is 39.0 Å². The van der Waals surface area contributed by atoms with Crippen molar-refractivity contribution in [1.29, 1.82) is 0 Å². The Bertz CT molecular complexity index is 555. The minimum absolute atomic E-state index is 0.514. The zero-order valence-electron chi connectivity index (χ0n) is 12.9. The van der Waals surface area contributed by atoms with Gasteiger partial charge in [0.2, 0.25) is 6.36 Å². The van der Waals surface area contributed by atoms with Gasteiger partial charge in [-0.15, -0.1) is 0 Å². The molecule has 0 saturated heterocycles. The second-order valence-electron chi connectivity index (χ2n) is 4.53. The van der Waals surface area contributed by atoms with Crippen LogP contribution >= 0.6 is 0 Å². The molecular formula is C17H21FN2O. The minimum Gasteiger partial charge on any atom is -0.461 e. The maximum absolute atomic E-state index is 12.7. The van der Waals surface area contributed by atoms with Crippen molar-refractivity contribution in [2.75, 3.05) is 0 Å². The van der Waals surface area contributed by atoms with E-state index in [2.05, 4.69) is 9.98 Å². The molecule has 1 aromatic rings. The van der Waals surface area contributed by atoms with Crippen LogP contribution in [0, 0.1) is 0 Å². The average molecular weight is 288 g/mol. The van der Waals surface area contributed by atoms with Gasteiger partial charge in [-0.2, -0.15) is 0 Å². The first-order valence-corrected chi connectivity index (χ1v) is 6.79. The Balaban J connectivity index is 2.76. The van der Waals surface area contributed by atoms with E-state index in [-0.39, 0.29) is 0 Å². The molecule has 3 nitrogen and oxygen atoms in total. The van der Waals surface area contributed by atoms with Crippen molar-refractivity contribution >= 4 is 17.5 Å². The van der Waals surface area contributed by atoms with Gasteiger partial charge in [-0.05, 0) is 44.0 Å². The van der Waals surface area contributed by atoms with Gasteiger partial charge in [-0.3, -0.25) is 9.98 Å². The van der Waals surface area contributed by atoms with Gasteiger partial charge < -0.3 is 4.74 Å². The number of nitrogens with zero attached hydrogens (tertiary/aromatic N) is 2. The van der Waals surface area contributed by atoms with Gasteiger partial charge in [-0.25, -0.2) is 4.39 Å². The van der Waals surface area contributed by atoms with Crippen molar-refractivity contribution in [2.24, 2.45) is 9.98 Å². The minimum atomic E-state index is -1.31. The van der Waals surface area contributed by atoms with Crippen LogP contribution in [0.4, 0.5) is 4.39 Å². The zero-order valence-corrected chi connectivity index (χ0v) is 12.9. The molecule has 0 fully saturated rings. The highest BCUT2D eigenvalue weighted by molar-refractivity contribution is 6.29. The van der Waals surface area contributed by atoms with E-state index in [1.165, 1.54) is 6.92 Å². The topological polar surface area (TPSA) is 34.0 Å². The highest BCUT2D eigenvalue weighted by Crippen LogP contribution is 2.19. The molecule has 112 valence electrons. The SMILES string of the molecule is C/C=C\N=CC(C)=N/C=C(\C)c1ccc(OC(C)F)cc1. The van der Waals surface area contributed by atoms with Crippen molar-refractivity contribution in [3.8, 4) is 5.75 Å². The number of aliphatic imine (C=N–C) groups is 2. The van der Waals surface area contributed by atoms with Gasteiger partial charge in [0.1, 0.15) is 5.75 Å². The highest BCUT2D eigenvalue weighted by Gasteiger charge is 2.01. The first kappa shape index (κ1) is 16.8. The Morgan fingerprint density at radius 1 is 1.24 bits per heavy atom. The van der Waals surface area contributed by atoms with E-state index in [1.54, 1.807) is 30.7 Å². The molecule has 0 aliphatic heterocycles. The summed E-state index contributed by atoms with van der Waals surface area (Å²) in [7, 11) is 0. The third kappa shape index (κ3) is 6.65. The molecule has 0 saturated carbocycles. The summed E-state index contributed by atoms with van der Waals surface area (Å²) in [5.74, 6) is 0.514. The van der Waals surface area contributed by atoms with E-state index in [0.717, 1.165) is 16.8 Å². The Morgan fingerprint density at radius 2 is 1.90 bits per heavy atom. The van der Waals surface area contributed by atoms with Crippen LogP contribution in [-0.4, -0.2) is 18.3 Å². The molecule has 0 aliphatic carbocycles. The average Bonchev–Trinajstić information content (AvgIpc) is 2.45. The van der Waals surface area contributed by atoms with Crippen molar-refractivity contribution in [2.45, 2.75) is 34.1 Å². The molecule has 1 aromatic carbocycles. The Kier molecular flexibility index (Phi) is 7.09. The smallest absolute Gasteiger partial charge is 0.235 e. The number of rotatable bonds is 6. The van der Waals surface area contributed by atoms with Crippen LogP contribution in [0.1, 0.15) is 33.3 Å². The summed E-state index contributed by atoms with van der Waals surface area (Å²) >= 11 is 0. The Labute approximate surface area is 125 Å². The standard InChI is InChI=1S/C17H21FN2O/c1-5-10-19-12-14(3)20-11-13(2)16-6-8-17(9-7-16)21-15(4)18/h5-12,15H,1-4H3/b10-5-,13-11+,19-12?,20-14?. The third-order valence-electron chi connectivity index (χ3n) is 2.57. The second-order valence-corrected chi connectivity index (χ2v) is 4.53. The summed E-state index contributed by atoms with van der Waals surface area (Å²) in [6, 6.07) is 7.24. The molecule has 1 rings (SSSR count). The lowest BCUT2D eigenvalue weighted by molar-refractivity contribution is 0.0860. The molecule has 4 heteroatoms. The van der Waals surface area contributed by atoms with Crippen LogP contribution in [0.3, 0.4) is 0 Å². The summed E-state index contributed by atoms with van der Waals surface area (Å²) < 4.78 is 17.7. The summed E-state index contributed by atoms with van der Waals surface area (Å²) in [6.07, 6.45) is 5.73. The number of ether oxygens (including phenoxy) is 1. The van der Waals surface area contributed by atoms with Gasteiger partial charge >= 0.3 is 0 Å². The summed E-state index contributed by atoms with van der Waals surface area (Å²) in [5, 5.41) is 0. The van der Waals surface area contributed by atoms with E-state index in [0.29, 0.717) is 5.75 Å². The number of halogens is 1. The normalized spacial score (nSPS) is 14.9. The number of benzene rings is 1. The largest absolute Gasteiger partial charge is 0.461 e. The highest BCUT2D eigenvalue weighted by atomic mass is 19.1. The lowest BCUT2D eigenvalue weighted by Gasteiger charge is -2.07. The fraction of sp³-hybridized carbons (Fsp3) is 0.294. The van der Waals surface area contributed by atoms with E-state index in [4.69, 9.17) is 4.74 Å². The van der Waals surface area contributed by atoms with Crippen LogP contribution in [-0.2, 0) is 0 Å². The Hall–Kier alpha value is -2.23. The maximum atomic E-state index is 12.7. The predicted octanol–water partition coefficient (Wildman–Crippen LogP) is 4.81. The number of alkyl halides is 1. The van der Waals surface area contributed by atoms with Crippen LogP contribution in [0.25, 0.3) is 5.57 Å². The van der Waals surface area contributed by atoms with E-state index < -0.39 is 6.36 Å². The first-order valence-electron chi connectivity index (χ1n) is 6.79. The number of hydrogen-bond donors (Lipinski definition) is 0. The molecule has 0 radical (unpaired) electrons. The molecule has 0 amide bonds. The van der Waals surface area contributed by atoms with Gasteiger partial charge in [-0.1, -0.05) is 18.2 Å². The van der Waals surface area contributed by atoms with Crippen molar-refractivity contribution in [3.05, 3.63) is 48.3 Å². The molecule has 0 aliphatic rings. The number of hydrogen-bond acceptors (Lipinski definition) is 3. The zero-order chi connectivity index (χ0) is 15.7. The van der Waals surface area contributed by atoms with E-state index >= 15 is 0 Å². The molecular weight excluding hydrogens is 267 g/mol. The van der Waals surface area contributed by atoms with Gasteiger partial charge in [0.15, 0.2) is 0 Å². The molecule has 1 atom stereocenters. The van der Waals surface area contributed by atoms with Crippen LogP contribution < -0.4 is 4.74 Å². The molecule has 21 heavy (non-hydrogen) atoms. The van der Waals surface area contributed by atoms with Crippen molar-refractivity contribution in [1.82, 2.24) is 0 Å². The van der Waals surface area contributed by atoms with Crippen LogP contribution in [0.5, 0.6) is 5.75 Å². The number of allylic oxidation sites excluding steroid dienone is 2. The summed E-state index contributed by atoms with van der Waals surface area (Å²) in [5.41, 5.74) is 2.84. The summed E-state index contributed by atoms with van der Waals surface area (Å²) in [6.45, 7) is 7.11. The lowest BCUT2D eigenvalue weighted by atomic mass is 10.1. The van der Waals surface area contributed by atoms with Crippen LogP contribution in [0.15, 0.2) is 52.7 Å². The van der Waals surface area contributed by atoms with E-state index in [9.17, 15) is 4.39 Å². The lowest BCUT2D eigenvalue weighted by Crippen LogP contribution is -2.03. The fourth-order valence-corrected chi connectivity index (χ4v) is 1.53. The van der Waals surface area contributed by atoms with Gasteiger partial charge in [0.05, 0.1) is 5.71 Å². The second kappa shape index (κ2) is 8.84. The van der Waals surface area contributed by atoms with Crippen molar-refractivity contribution in [3.63, 3.8) is 0 Å². The maximum Gasteiger partial charge on any atom is 0.235 e. The molecule has 1 unspecified atom stereocenters. The fourth-order valence-electron chi connectivity index (χ4n) is 1.53. The third-order valence-corrected chi connectivity index (χ3v) is 2.57. The quantitative estimate of drug-likeness (QED) is 0.692.